The first-order chi connectivity index (χ1) is 26.2. The van der Waals surface area contributed by atoms with Gasteiger partial charge in [0.15, 0.2) is 18.2 Å². The Kier molecular flexibility index (Phi) is 13.3. The Balaban J connectivity index is 1.22. The van der Waals surface area contributed by atoms with Gasteiger partial charge in [0.1, 0.15) is 6.54 Å². The fourth-order valence-corrected chi connectivity index (χ4v) is 7.87. The van der Waals surface area contributed by atoms with Gasteiger partial charge < -0.3 is 20.3 Å². The lowest BCUT2D eigenvalue weighted by Gasteiger charge is -2.26. The number of benzene rings is 2. The number of unbranched alkanes of at least 4 members (excludes halogenated alkanes) is 2. The average Bonchev–Trinajstić information content (AvgIpc) is 3.48. The maximum Gasteiger partial charge on any atom is 0.294 e. The number of hydrogen-bond donors (Lipinski definition) is 3. The van der Waals surface area contributed by atoms with Gasteiger partial charge in [-0.25, -0.2) is 0 Å². The molecule has 55 heavy (non-hydrogen) atoms. The van der Waals surface area contributed by atoms with Gasteiger partial charge in [-0.3, -0.25) is 14.1 Å². The monoisotopic (exact) mass is 790 g/mol. The Bertz CT molecular complexity index is 2150. The molecule has 2 aromatic carbocycles. The zero-order chi connectivity index (χ0) is 39.8. The number of Topliss-reactive ketones (excluding diaryl/α,β-unsaturated/α-hetero) is 1. The first kappa shape index (κ1) is 41.2. The number of para-hydroxylation sites is 1. The van der Waals surface area contributed by atoms with Crippen molar-refractivity contribution in [3.05, 3.63) is 95.0 Å². The molecule has 0 bridgehead atoms. The molecule has 3 N–H and O–H groups in total. The number of nitrogens with one attached hydrogen (secondary N) is 2. The minimum atomic E-state index is -4.32. The minimum Gasteiger partial charge on any atom is -0.447 e. The highest BCUT2D eigenvalue weighted by molar-refractivity contribution is 7.85. The quantitative estimate of drug-likeness (QED) is 0.0281. The topological polar surface area (TPSA) is 167 Å². The maximum absolute atomic E-state index is 12.7. The molecule has 0 amide bonds. The van der Waals surface area contributed by atoms with Crippen LogP contribution >= 0.6 is 11.6 Å². The highest BCUT2D eigenvalue weighted by Crippen LogP contribution is 2.48. The molecule has 13 nitrogen and oxygen atoms in total. The molecule has 0 aliphatic carbocycles. The van der Waals surface area contributed by atoms with Crippen LogP contribution in [0.2, 0.25) is 5.28 Å². The van der Waals surface area contributed by atoms with E-state index in [-0.39, 0.29) is 46.5 Å². The third-order valence-corrected chi connectivity index (χ3v) is 10.9. The Hall–Kier alpha value is -4.92. The molecule has 3 aromatic rings. The van der Waals surface area contributed by atoms with Crippen molar-refractivity contribution in [2.45, 2.75) is 82.4 Å². The fraction of sp³-hybridized carbons (Fsp3) is 0.400. The molecule has 15 heteroatoms. The van der Waals surface area contributed by atoms with Crippen molar-refractivity contribution in [3.63, 3.8) is 0 Å². The van der Waals surface area contributed by atoms with Gasteiger partial charge in [-0.2, -0.15) is 27.9 Å². The highest BCUT2D eigenvalue weighted by atomic mass is 35.5. The van der Waals surface area contributed by atoms with E-state index in [4.69, 9.17) is 11.6 Å². The standard InChI is InChI=1S/C40H48ClN7O6S/c1-6-22-47-33-21-20-29(55(51,52)53)24-31(33)40(4,5)35(47)19-11-7-10-18-34-39(2,3)30-16-12-13-17-32(30)48(34)23-14-8-9-15-28(50)25-42-37-44-36(41)45-38(46-37)43-26-54-27-49/h7,10-13,16-21,24,27H,6,8-9,14-15,22-23,25-26H2,1-5H3,(H2-,42,43,44,45,46,51,52,53)/p+1. The summed E-state index contributed by atoms with van der Waals surface area (Å²) in [5.41, 5.74) is 5.81. The average molecular weight is 791 g/mol. The van der Waals surface area contributed by atoms with Crippen LogP contribution in [0.4, 0.5) is 23.3 Å². The third kappa shape index (κ3) is 9.67. The molecule has 0 saturated carbocycles. The number of ketones is 1. The van der Waals surface area contributed by atoms with Crippen LogP contribution in [0.5, 0.6) is 0 Å². The van der Waals surface area contributed by atoms with Gasteiger partial charge in [0.05, 0.1) is 16.9 Å². The molecule has 2 aliphatic heterocycles. The molecule has 2 aliphatic rings. The highest BCUT2D eigenvalue weighted by Gasteiger charge is 2.44. The van der Waals surface area contributed by atoms with E-state index in [1.165, 1.54) is 23.0 Å². The summed E-state index contributed by atoms with van der Waals surface area (Å²) in [6.07, 6.45) is 14.2. The zero-order valence-corrected chi connectivity index (χ0v) is 33.5. The van der Waals surface area contributed by atoms with Crippen LogP contribution in [0.15, 0.2) is 83.4 Å². The van der Waals surface area contributed by atoms with E-state index in [2.05, 4.69) is 117 Å². The first-order valence-corrected chi connectivity index (χ1v) is 20.2. The minimum absolute atomic E-state index is 0.0189. The van der Waals surface area contributed by atoms with E-state index in [1.54, 1.807) is 12.1 Å². The van der Waals surface area contributed by atoms with Gasteiger partial charge in [-0.05, 0) is 74.5 Å². The van der Waals surface area contributed by atoms with Gasteiger partial charge in [0.25, 0.3) is 16.6 Å². The molecule has 0 radical (unpaired) electrons. The van der Waals surface area contributed by atoms with E-state index in [9.17, 15) is 22.6 Å². The molecule has 0 spiro atoms. The molecular weight excluding hydrogens is 742 g/mol. The molecule has 292 valence electrons. The van der Waals surface area contributed by atoms with Gasteiger partial charge in [0, 0.05) is 53.9 Å². The summed E-state index contributed by atoms with van der Waals surface area (Å²) in [4.78, 5) is 37.2. The second-order valence-electron chi connectivity index (χ2n) is 14.4. The molecule has 0 fully saturated rings. The Labute approximate surface area is 328 Å². The normalized spacial score (nSPS) is 16.6. The summed E-state index contributed by atoms with van der Waals surface area (Å²) in [6.45, 7) is 12.5. The summed E-state index contributed by atoms with van der Waals surface area (Å²) in [5, 5.41) is 5.50. The van der Waals surface area contributed by atoms with E-state index in [0.717, 1.165) is 55.7 Å². The lowest BCUT2D eigenvalue weighted by atomic mass is 9.81. The van der Waals surface area contributed by atoms with Crippen LogP contribution in [0.3, 0.4) is 0 Å². The van der Waals surface area contributed by atoms with Crippen molar-refractivity contribution in [1.82, 2.24) is 15.0 Å². The summed E-state index contributed by atoms with van der Waals surface area (Å²) >= 11 is 5.95. The van der Waals surface area contributed by atoms with Crippen molar-refractivity contribution in [3.8, 4) is 0 Å². The SMILES string of the molecule is CCCN1/C(=C/C=C/C=C/C2=[N+](CCCCCC(=O)CNc3nc(Cl)nc(NCOC=O)n3)c3ccccc3C2(C)C)C(C)(C)c2cc(S(=O)(=O)O)ccc21. The number of allylic oxidation sites excluding steroid dienone is 6. The lowest BCUT2D eigenvalue weighted by molar-refractivity contribution is -0.438. The number of ether oxygens (including phenoxy) is 1. The first-order valence-electron chi connectivity index (χ1n) is 18.3. The smallest absolute Gasteiger partial charge is 0.294 e. The van der Waals surface area contributed by atoms with Gasteiger partial charge in [-0.1, -0.05) is 57.2 Å². The van der Waals surface area contributed by atoms with Crippen molar-refractivity contribution >= 4 is 63.0 Å². The van der Waals surface area contributed by atoms with Crippen molar-refractivity contribution in [2.24, 2.45) is 0 Å². The Morgan fingerprint density at radius 1 is 0.964 bits per heavy atom. The second-order valence-corrected chi connectivity index (χ2v) is 16.2. The number of fused-ring (bicyclic) bond motifs is 2. The predicted octanol–water partition coefficient (Wildman–Crippen LogP) is 7.14. The summed E-state index contributed by atoms with van der Waals surface area (Å²) in [7, 11) is -4.32. The van der Waals surface area contributed by atoms with Crippen LogP contribution in [0, 0.1) is 0 Å². The van der Waals surface area contributed by atoms with Crippen LogP contribution < -0.4 is 15.5 Å². The number of carbonyl (C=O) groups excluding carboxylic acids is 2. The van der Waals surface area contributed by atoms with Crippen molar-refractivity contribution in [1.29, 1.82) is 0 Å². The van der Waals surface area contributed by atoms with Crippen LogP contribution in [-0.4, -0.2) is 76.8 Å². The maximum atomic E-state index is 12.7. The second kappa shape index (κ2) is 17.7. The lowest BCUT2D eigenvalue weighted by Crippen LogP contribution is -2.27. The Morgan fingerprint density at radius 2 is 1.71 bits per heavy atom. The molecule has 0 saturated heterocycles. The summed E-state index contributed by atoms with van der Waals surface area (Å²) < 4.78 is 40.5. The predicted molar refractivity (Wildman–Crippen MR) is 215 cm³/mol. The van der Waals surface area contributed by atoms with E-state index < -0.39 is 15.5 Å². The molecule has 5 rings (SSSR count). The number of hydrogen-bond acceptors (Lipinski definition) is 11. The zero-order valence-electron chi connectivity index (χ0n) is 31.9. The van der Waals surface area contributed by atoms with E-state index in [0.29, 0.717) is 12.9 Å². The largest absolute Gasteiger partial charge is 0.447 e. The van der Waals surface area contributed by atoms with Crippen LogP contribution in [-0.2, 0) is 35.3 Å². The molecular formula is C40H49ClN7O6S+. The third-order valence-electron chi connectivity index (χ3n) is 9.91. The number of anilines is 3. The van der Waals surface area contributed by atoms with E-state index >= 15 is 0 Å². The van der Waals surface area contributed by atoms with Gasteiger partial charge in [-0.15, -0.1) is 0 Å². The molecule has 0 atom stereocenters. The molecule has 0 unspecified atom stereocenters. The number of nitrogens with zero attached hydrogens (tertiary/aromatic N) is 5. The number of aromatic nitrogens is 3. The van der Waals surface area contributed by atoms with Crippen LogP contribution in [0.1, 0.15) is 77.8 Å². The Morgan fingerprint density at radius 3 is 2.44 bits per heavy atom. The van der Waals surface area contributed by atoms with Crippen LogP contribution in [0.25, 0.3) is 0 Å². The molecule has 3 heterocycles. The summed E-state index contributed by atoms with van der Waals surface area (Å²) in [5.74, 6) is 0.274. The fourth-order valence-electron chi connectivity index (χ4n) is 7.20. The number of rotatable bonds is 19. The number of halogens is 1. The van der Waals surface area contributed by atoms with E-state index in [1.807, 2.05) is 12.2 Å². The summed E-state index contributed by atoms with van der Waals surface area (Å²) in [6, 6.07) is 13.3. The number of carbonyl (C=O) groups is 2. The molecule has 1 aromatic heterocycles. The van der Waals surface area contributed by atoms with Crippen molar-refractivity contribution in [2.75, 3.05) is 41.9 Å². The van der Waals surface area contributed by atoms with Gasteiger partial charge in [0.2, 0.25) is 22.9 Å². The van der Waals surface area contributed by atoms with Gasteiger partial charge >= 0.3 is 0 Å². The van der Waals surface area contributed by atoms with Crippen molar-refractivity contribution < 1.29 is 31.9 Å².